The first-order valence-corrected chi connectivity index (χ1v) is 11.9. The highest BCUT2D eigenvalue weighted by Crippen LogP contribution is 2.34. The molecule has 8 nitrogen and oxygen atoms in total. The molecule has 0 spiro atoms. The van der Waals surface area contributed by atoms with Crippen molar-refractivity contribution in [2.45, 2.75) is 0 Å². The highest BCUT2D eigenvalue weighted by molar-refractivity contribution is 7.87. The van der Waals surface area contributed by atoms with Gasteiger partial charge in [-0.25, -0.2) is 14.1 Å². The highest BCUT2D eigenvalue weighted by Gasteiger charge is 2.23. The summed E-state index contributed by atoms with van der Waals surface area (Å²) in [6, 6.07) is 19.8. The van der Waals surface area contributed by atoms with Crippen molar-refractivity contribution in [1.82, 2.24) is 4.98 Å². The molecule has 2 heterocycles. The zero-order valence-corrected chi connectivity index (χ0v) is 18.8. The zero-order valence-electron chi connectivity index (χ0n) is 17.1. The number of fused-ring (bicyclic) bond motifs is 2. The summed E-state index contributed by atoms with van der Waals surface area (Å²) in [5.74, 6) is 0.666. The summed E-state index contributed by atoms with van der Waals surface area (Å²) in [5.41, 5.74) is 0.931. The summed E-state index contributed by atoms with van der Waals surface area (Å²) in [6.45, 7) is 0. The molecule has 1 N–H and O–H groups in total. The van der Waals surface area contributed by atoms with Crippen LogP contribution in [0.3, 0.4) is 0 Å². The van der Waals surface area contributed by atoms with E-state index in [-0.39, 0.29) is 17.0 Å². The van der Waals surface area contributed by atoms with E-state index in [1.54, 1.807) is 55.6 Å². The minimum absolute atomic E-state index is 0.124. The Labute approximate surface area is 192 Å². The lowest BCUT2D eigenvalue weighted by Gasteiger charge is -2.21. The predicted molar refractivity (Wildman–Crippen MR) is 128 cm³/mol. The van der Waals surface area contributed by atoms with Crippen molar-refractivity contribution < 1.29 is 22.1 Å². The average Bonchev–Trinajstić information content (AvgIpc) is 3.21. The molecule has 0 amide bonds. The van der Waals surface area contributed by atoms with Gasteiger partial charge in [0.15, 0.2) is 0 Å². The van der Waals surface area contributed by atoms with Crippen molar-refractivity contribution in [2.24, 2.45) is 0 Å². The van der Waals surface area contributed by atoms with E-state index in [2.05, 4.69) is 4.98 Å². The molecule has 3 aromatic carbocycles. The minimum Gasteiger partial charge on any atom is -0.497 e. The van der Waals surface area contributed by atoms with E-state index in [0.717, 1.165) is 9.01 Å². The van der Waals surface area contributed by atoms with Crippen LogP contribution in [0.2, 0.25) is 0 Å². The van der Waals surface area contributed by atoms with E-state index < -0.39 is 15.9 Å². The van der Waals surface area contributed by atoms with Crippen LogP contribution in [0.25, 0.3) is 31.8 Å². The van der Waals surface area contributed by atoms with Crippen LogP contribution in [0.4, 0.5) is 11.4 Å². The Morgan fingerprint density at radius 3 is 2.52 bits per heavy atom. The van der Waals surface area contributed by atoms with Gasteiger partial charge in [-0.1, -0.05) is 18.2 Å². The number of hydrogen-bond acceptors (Lipinski definition) is 7. The van der Waals surface area contributed by atoms with Crippen LogP contribution in [0.1, 0.15) is 0 Å². The number of aromatic nitrogens is 1. The lowest BCUT2D eigenvalue weighted by atomic mass is 10.1. The van der Waals surface area contributed by atoms with Crippen LogP contribution < -0.4 is 14.7 Å². The van der Waals surface area contributed by atoms with Gasteiger partial charge in [-0.2, -0.15) is 8.42 Å². The Balaban J connectivity index is 1.61. The molecule has 0 aliphatic heterocycles. The van der Waals surface area contributed by atoms with Crippen LogP contribution in [-0.2, 0) is 10.3 Å². The molecule has 0 radical (unpaired) electrons. The van der Waals surface area contributed by atoms with E-state index in [0.29, 0.717) is 27.2 Å². The maximum absolute atomic E-state index is 12.8. The molecule has 0 saturated heterocycles. The third kappa shape index (κ3) is 3.95. The fraction of sp³-hybridized carbons (Fsp3) is 0.0435. The third-order valence-electron chi connectivity index (χ3n) is 5.00. The van der Waals surface area contributed by atoms with Crippen LogP contribution >= 0.6 is 11.3 Å². The minimum atomic E-state index is -4.63. The Bertz CT molecular complexity index is 1660. The SMILES string of the molecule is COc1ccc2sc(-c3cc4ccc(N(c5ccccc5)S(=O)(=O)O)cc4oc3=O)nc2c1. The number of nitrogens with zero attached hydrogens (tertiary/aromatic N) is 2. The number of rotatable bonds is 5. The van der Waals surface area contributed by atoms with Crippen molar-refractivity contribution >= 4 is 54.2 Å². The second-order valence-corrected chi connectivity index (χ2v) is 9.39. The Hall–Kier alpha value is -3.73. The molecule has 0 saturated carbocycles. The van der Waals surface area contributed by atoms with Crippen LogP contribution in [-0.4, -0.2) is 25.1 Å². The number of ether oxygens (including phenoxy) is 1. The molecule has 33 heavy (non-hydrogen) atoms. The van der Waals surface area contributed by atoms with E-state index in [4.69, 9.17) is 9.15 Å². The summed E-state index contributed by atoms with van der Waals surface area (Å²) in [4.78, 5) is 17.3. The molecule has 2 aromatic heterocycles. The smallest absolute Gasteiger partial charge is 0.364 e. The van der Waals surface area contributed by atoms with E-state index in [1.807, 2.05) is 12.1 Å². The number of benzene rings is 3. The standard InChI is InChI=1S/C23H16N2O6S2/c1-30-17-9-10-21-19(13-17)24-22(32-21)18-11-14-7-8-16(12-20(14)31-23(18)26)25(33(27,28)29)15-5-3-2-4-6-15/h2-13H,1H3,(H,27,28,29). The monoisotopic (exact) mass is 480 g/mol. The van der Waals surface area contributed by atoms with Gasteiger partial charge in [0.2, 0.25) is 0 Å². The number of anilines is 2. The normalized spacial score (nSPS) is 11.7. The molecule has 0 atom stereocenters. The van der Waals surface area contributed by atoms with Crippen molar-refractivity contribution in [3.63, 3.8) is 0 Å². The summed E-state index contributed by atoms with van der Waals surface area (Å²) >= 11 is 1.35. The van der Waals surface area contributed by atoms with Gasteiger partial charge in [-0.05, 0) is 42.5 Å². The summed E-state index contributed by atoms with van der Waals surface area (Å²) in [6.07, 6.45) is 0. The molecule has 5 rings (SSSR count). The fourth-order valence-corrected chi connectivity index (χ4v) is 5.22. The van der Waals surface area contributed by atoms with Crippen LogP contribution in [0, 0.1) is 0 Å². The lowest BCUT2D eigenvalue weighted by Crippen LogP contribution is -2.25. The van der Waals surface area contributed by atoms with Crippen LogP contribution in [0.15, 0.2) is 82.0 Å². The molecular formula is C23H16N2O6S2. The molecule has 0 aliphatic carbocycles. The molecule has 0 unspecified atom stereocenters. The summed E-state index contributed by atoms with van der Waals surface area (Å²) < 4.78 is 46.4. The van der Waals surface area contributed by atoms with Gasteiger partial charge >= 0.3 is 15.9 Å². The molecule has 166 valence electrons. The second kappa shape index (κ2) is 8.00. The van der Waals surface area contributed by atoms with Crippen molar-refractivity contribution in [3.05, 3.63) is 83.2 Å². The van der Waals surface area contributed by atoms with E-state index in [1.165, 1.54) is 23.5 Å². The first-order valence-electron chi connectivity index (χ1n) is 9.69. The predicted octanol–water partition coefficient (Wildman–Crippen LogP) is 5.02. The average molecular weight is 481 g/mol. The van der Waals surface area contributed by atoms with Gasteiger partial charge in [0, 0.05) is 17.5 Å². The Morgan fingerprint density at radius 2 is 1.79 bits per heavy atom. The van der Waals surface area contributed by atoms with Gasteiger partial charge in [-0.15, -0.1) is 11.3 Å². The molecule has 0 bridgehead atoms. The number of para-hydroxylation sites is 1. The van der Waals surface area contributed by atoms with Gasteiger partial charge in [0.05, 0.1) is 34.3 Å². The van der Waals surface area contributed by atoms with Crippen molar-refractivity contribution in [3.8, 4) is 16.3 Å². The number of hydrogen-bond donors (Lipinski definition) is 1. The molecule has 5 aromatic rings. The van der Waals surface area contributed by atoms with Gasteiger partial charge in [0.25, 0.3) is 0 Å². The summed E-state index contributed by atoms with van der Waals surface area (Å²) in [5, 5.41) is 1.08. The number of thiazole rings is 1. The Morgan fingerprint density at radius 1 is 1.00 bits per heavy atom. The molecule has 10 heteroatoms. The van der Waals surface area contributed by atoms with E-state index in [9.17, 15) is 17.8 Å². The first kappa shape index (κ1) is 21.1. The fourth-order valence-electron chi connectivity index (χ4n) is 3.50. The van der Waals surface area contributed by atoms with Gasteiger partial charge in [-0.3, -0.25) is 4.55 Å². The van der Waals surface area contributed by atoms with Gasteiger partial charge in [0.1, 0.15) is 16.3 Å². The molecule has 0 aliphatic rings. The molecular weight excluding hydrogens is 464 g/mol. The maximum atomic E-state index is 12.8. The first-order chi connectivity index (χ1) is 15.8. The third-order valence-corrected chi connectivity index (χ3v) is 6.95. The van der Waals surface area contributed by atoms with Gasteiger partial charge < -0.3 is 9.15 Å². The second-order valence-electron chi connectivity index (χ2n) is 7.10. The maximum Gasteiger partial charge on any atom is 0.364 e. The number of methoxy groups -OCH3 is 1. The van der Waals surface area contributed by atoms with Crippen molar-refractivity contribution in [2.75, 3.05) is 11.4 Å². The quantitative estimate of drug-likeness (QED) is 0.278. The topological polar surface area (TPSA) is 110 Å². The largest absolute Gasteiger partial charge is 0.497 e. The highest BCUT2D eigenvalue weighted by atomic mass is 32.2. The zero-order chi connectivity index (χ0) is 23.2. The summed E-state index contributed by atoms with van der Waals surface area (Å²) in [7, 11) is -3.06. The van der Waals surface area contributed by atoms with E-state index >= 15 is 0 Å². The lowest BCUT2D eigenvalue weighted by molar-refractivity contribution is 0.415. The van der Waals surface area contributed by atoms with Crippen molar-refractivity contribution in [1.29, 1.82) is 0 Å². The molecule has 0 fully saturated rings. The Kier molecular flexibility index (Phi) is 5.12. The van der Waals surface area contributed by atoms with Crippen LogP contribution in [0.5, 0.6) is 5.75 Å².